The summed E-state index contributed by atoms with van der Waals surface area (Å²) in [4.78, 5) is 12.1. The second-order valence-corrected chi connectivity index (χ2v) is 7.23. The van der Waals surface area contributed by atoms with Crippen LogP contribution in [0.5, 0.6) is 5.75 Å². The highest BCUT2D eigenvalue weighted by Gasteiger charge is 2.31. The van der Waals surface area contributed by atoms with Crippen LogP contribution in [0, 0.1) is 0 Å². The molecule has 1 aliphatic heterocycles. The van der Waals surface area contributed by atoms with Crippen LogP contribution in [0.25, 0.3) is 0 Å². The van der Waals surface area contributed by atoms with Crippen molar-refractivity contribution in [1.29, 1.82) is 0 Å². The molecule has 2 N–H and O–H groups in total. The maximum Gasteiger partial charge on any atom is 0.239 e. The molecule has 0 bridgehead atoms. The number of amidine groups is 1. The molecule has 1 heterocycles. The third kappa shape index (κ3) is 4.54. The summed E-state index contributed by atoms with van der Waals surface area (Å²) in [6.07, 6.45) is 2.00. The van der Waals surface area contributed by atoms with Crippen LogP contribution in [0.3, 0.4) is 0 Å². The quantitative estimate of drug-likeness (QED) is 0.611. The molecule has 8 heteroatoms. The number of nitrogens with one attached hydrogen (secondary N) is 1. The molecule has 1 fully saturated rings. The van der Waals surface area contributed by atoms with E-state index in [2.05, 4.69) is 15.5 Å². The van der Waals surface area contributed by atoms with Gasteiger partial charge in [0, 0.05) is 0 Å². The number of halogens is 2. The van der Waals surface area contributed by atoms with Gasteiger partial charge in [0.2, 0.25) is 5.91 Å². The zero-order valence-corrected chi connectivity index (χ0v) is 15.1. The van der Waals surface area contributed by atoms with Crippen molar-refractivity contribution in [3.05, 3.63) is 63.6 Å². The van der Waals surface area contributed by atoms with Crippen molar-refractivity contribution in [3.63, 3.8) is 0 Å². The van der Waals surface area contributed by atoms with E-state index in [0.717, 1.165) is 11.1 Å². The van der Waals surface area contributed by atoms with Gasteiger partial charge in [-0.25, -0.2) is 0 Å². The van der Waals surface area contributed by atoms with Gasteiger partial charge >= 0.3 is 0 Å². The van der Waals surface area contributed by atoms with Crippen molar-refractivity contribution in [2.45, 2.75) is 11.7 Å². The Morgan fingerprint density at radius 2 is 1.96 bits per heavy atom. The minimum absolute atomic E-state index is 0.139. The highest BCUT2D eigenvalue weighted by molar-refractivity contribution is 8.15. The first kappa shape index (κ1) is 17.8. The lowest BCUT2D eigenvalue weighted by Gasteiger charge is -2.08. The van der Waals surface area contributed by atoms with Crippen LogP contribution in [0.15, 0.2) is 52.7 Å². The number of benzene rings is 2. The molecule has 0 aromatic heterocycles. The molecule has 128 valence electrons. The maximum atomic E-state index is 12.1. The first-order chi connectivity index (χ1) is 12.0. The van der Waals surface area contributed by atoms with E-state index in [1.54, 1.807) is 42.6 Å². The molecule has 1 aliphatic rings. The van der Waals surface area contributed by atoms with E-state index in [-0.39, 0.29) is 16.9 Å². The van der Waals surface area contributed by atoms with Crippen molar-refractivity contribution in [2.24, 2.45) is 10.2 Å². The molecule has 0 spiro atoms. The summed E-state index contributed by atoms with van der Waals surface area (Å²) in [6, 6.07) is 11.9. The molecule has 1 amide bonds. The molecule has 0 unspecified atom stereocenters. The van der Waals surface area contributed by atoms with E-state index < -0.39 is 0 Å². The average Bonchev–Trinajstić information content (AvgIpc) is 2.93. The number of carbonyl (C=O) groups excluding carboxylic acids is 1. The first-order valence-electron chi connectivity index (χ1n) is 7.33. The summed E-state index contributed by atoms with van der Waals surface area (Å²) in [5.41, 5.74) is 1.61. The summed E-state index contributed by atoms with van der Waals surface area (Å²) in [5, 5.41) is 20.9. The van der Waals surface area contributed by atoms with E-state index in [4.69, 9.17) is 23.2 Å². The fourth-order valence-corrected chi connectivity index (χ4v) is 3.55. The molecule has 3 rings (SSSR count). The van der Waals surface area contributed by atoms with E-state index in [1.807, 2.05) is 6.07 Å². The third-order valence-electron chi connectivity index (χ3n) is 3.46. The van der Waals surface area contributed by atoms with E-state index >= 15 is 0 Å². The van der Waals surface area contributed by atoms with E-state index in [1.165, 1.54) is 11.8 Å². The molecule has 25 heavy (non-hydrogen) atoms. The summed E-state index contributed by atoms with van der Waals surface area (Å²) in [7, 11) is 0. The minimum Gasteiger partial charge on any atom is -0.508 e. The Hall–Kier alpha value is -2.02. The second kappa shape index (κ2) is 7.91. The summed E-state index contributed by atoms with van der Waals surface area (Å²) >= 11 is 13.5. The van der Waals surface area contributed by atoms with Crippen molar-refractivity contribution in [3.8, 4) is 5.75 Å². The zero-order valence-electron chi connectivity index (χ0n) is 12.8. The second-order valence-electron chi connectivity index (χ2n) is 5.25. The Balaban J connectivity index is 1.65. The number of aromatic hydroxyl groups is 1. The Kier molecular flexibility index (Phi) is 5.63. The summed E-state index contributed by atoms with van der Waals surface area (Å²) in [6.45, 7) is 0. The molecular formula is C17H13Cl2N3O2S. The van der Waals surface area contributed by atoms with Crippen LogP contribution in [0.4, 0.5) is 0 Å². The molecule has 2 aromatic carbocycles. The third-order valence-corrected chi connectivity index (χ3v) is 5.39. The lowest BCUT2D eigenvalue weighted by atomic mass is 10.1. The fourth-order valence-electron chi connectivity index (χ4n) is 2.20. The number of amides is 1. The van der Waals surface area contributed by atoms with Crippen molar-refractivity contribution in [2.75, 3.05) is 0 Å². The predicted molar refractivity (Wildman–Crippen MR) is 103 cm³/mol. The number of carbonyl (C=O) groups is 1. The predicted octanol–water partition coefficient (Wildman–Crippen LogP) is 3.86. The number of hydrogen-bond donors (Lipinski definition) is 2. The Morgan fingerprint density at radius 3 is 2.72 bits per heavy atom. The highest BCUT2D eigenvalue weighted by Crippen LogP contribution is 2.30. The van der Waals surface area contributed by atoms with Gasteiger partial charge in [-0.15, -0.1) is 5.10 Å². The molecule has 1 saturated heterocycles. The van der Waals surface area contributed by atoms with Gasteiger partial charge in [0.25, 0.3) is 0 Å². The van der Waals surface area contributed by atoms with Crippen LogP contribution in [0.1, 0.15) is 11.1 Å². The summed E-state index contributed by atoms with van der Waals surface area (Å²) in [5.74, 6) is 0.0456. The monoisotopic (exact) mass is 393 g/mol. The molecule has 1 atom stereocenters. The van der Waals surface area contributed by atoms with Crippen LogP contribution in [-0.4, -0.2) is 27.6 Å². The van der Waals surface area contributed by atoms with Gasteiger partial charge in [-0.3, -0.25) is 4.79 Å². The number of nitrogens with zero attached hydrogens (tertiary/aromatic N) is 2. The maximum absolute atomic E-state index is 12.1. The first-order valence-corrected chi connectivity index (χ1v) is 8.97. The van der Waals surface area contributed by atoms with Gasteiger partial charge < -0.3 is 10.4 Å². The number of hydrogen-bond acceptors (Lipinski definition) is 5. The van der Waals surface area contributed by atoms with Crippen LogP contribution < -0.4 is 5.32 Å². The Bertz CT molecular complexity index is 853. The van der Waals surface area contributed by atoms with Gasteiger partial charge in [0.1, 0.15) is 5.75 Å². The topological polar surface area (TPSA) is 74.0 Å². The van der Waals surface area contributed by atoms with Gasteiger partial charge in [0.15, 0.2) is 5.17 Å². The normalized spacial score (nSPS) is 18.9. The van der Waals surface area contributed by atoms with Gasteiger partial charge in [-0.2, -0.15) is 5.10 Å². The Morgan fingerprint density at radius 1 is 1.20 bits per heavy atom. The van der Waals surface area contributed by atoms with Crippen LogP contribution in [-0.2, 0) is 11.2 Å². The number of rotatable bonds is 4. The SMILES string of the molecule is O=C1N/C(=N\N=C\c2ccc(O)cc2)S[C@@H]1Cc1cccc(Cl)c1Cl. The van der Waals surface area contributed by atoms with Crippen LogP contribution >= 0.6 is 35.0 Å². The average molecular weight is 394 g/mol. The van der Waals surface area contributed by atoms with Gasteiger partial charge in [0.05, 0.1) is 21.5 Å². The van der Waals surface area contributed by atoms with Crippen molar-refractivity contribution >= 4 is 52.3 Å². The molecular weight excluding hydrogens is 381 g/mol. The number of phenols is 1. The lowest BCUT2D eigenvalue weighted by molar-refractivity contribution is -0.118. The molecule has 0 saturated carbocycles. The van der Waals surface area contributed by atoms with Crippen LogP contribution in [0.2, 0.25) is 10.0 Å². The smallest absolute Gasteiger partial charge is 0.239 e. The number of thioether (sulfide) groups is 1. The number of phenolic OH excluding ortho intramolecular Hbond substituents is 1. The standard InChI is InChI=1S/C17H13Cl2N3O2S/c18-13-3-1-2-11(15(13)19)8-14-16(24)21-17(25-14)22-20-9-10-4-6-12(23)7-5-10/h1-7,9,14,23H,8H2,(H,21,22,24)/b20-9+/t14-/m1/s1. The molecule has 0 radical (unpaired) electrons. The van der Waals surface area contributed by atoms with Crippen molar-refractivity contribution < 1.29 is 9.90 Å². The molecule has 0 aliphatic carbocycles. The summed E-state index contributed by atoms with van der Waals surface area (Å²) < 4.78 is 0. The van der Waals surface area contributed by atoms with Crippen molar-refractivity contribution in [1.82, 2.24) is 5.32 Å². The zero-order chi connectivity index (χ0) is 17.8. The lowest BCUT2D eigenvalue weighted by Crippen LogP contribution is -2.26. The molecule has 2 aromatic rings. The molecule has 5 nitrogen and oxygen atoms in total. The largest absolute Gasteiger partial charge is 0.508 e. The highest BCUT2D eigenvalue weighted by atomic mass is 35.5. The fraction of sp³-hybridized carbons (Fsp3) is 0.118. The van der Waals surface area contributed by atoms with E-state index in [0.29, 0.717) is 21.6 Å². The van der Waals surface area contributed by atoms with Gasteiger partial charge in [-0.05, 0) is 47.9 Å². The Labute approximate surface area is 158 Å². The minimum atomic E-state index is -0.335. The van der Waals surface area contributed by atoms with Gasteiger partial charge in [-0.1, -0.05) is 47.1 Å². The van der Waals surface area contributed by atoms with E-state index in [9.17, 15) is 9.90 Å².